The summed E-state index contributed by atoms with van der Waals surface area (Å²) in [5.74, 6) is 2.50. The van der Waals surface area contributed by atoms with Gasteiger partial charge in [0, 0.05) is 18.0 Å². The van der Waals surface area contributed by atoms with E-state index in [2.05, 4.69) is 40.4 Å². The number of nitrogens with one attached hydrogen (secondary N) is 1. The molecule has 0 aromatic carbocycles. The zero-order valence-electron chi connectivity index (χ0n) is 12.6. The van der Waals surface area contributed by atoms with Crippen LogP contribution in [0.1, 0.15) is 38.0 Å². The first-order valence-corrected chi connectivity index (χ1v) is 7.95. The Balaban J connectivity index is 2.45. The summed E-state index contributed by atoms with van der Waals surface area (Å²) in [4.78, 5) is 13.7. The molecule has 0 atom stereocenters. The molecule has 0 saturated heterocycles. The molecule has 0 radical (unpaired) electrons. The average Bonchev–Trinajstić information content (AvgIpc) is 2.76. The fourth-order valence-corrected chi connectivity index (χ4v) is 3.22. The van der Waals surface area contributed by atoms with E-state index in [0.29, 0.717) is 0 Å². The highest BCUT2D eigenvalue weighted by Gasteiger charge is 2.21. The van der Waals surface area contributed by atoms with Gasteiger partial charge in [-0.2, -0.15) is 4.37 Å². The summed E-state index contributed by atoms with van der Waals surface area (Å²) in [5, 5.41) is 4.08. The number of rotatable bonds is 3. The summed E-state index contributed by atoms with van der Waals surface area (Å²) in [6.07, 6.45) is 0. The topological polar surface area (TPSA) is 63.6 Å². The average molecular weight is 309 g/mol. The molecule has 2 heterocycles. The molecule has 20 heavy (non-hydrogen) atoms. The van der Waals surface area contributed by atoms with Gasteiger partial charge in [-0.1, -0.05) is 20.8 Å². The summed E-state index contributed by atoms with van der Waals surface area (Å²) < 4.78 is 5.12. The van der Waals surface area contributed by atoms with E-state index in [0.717, 1.165) is 32.4 Å². The van der Waals surface area contributed by atoms with E-state index in [-0.39, 0.29) is 5.41 Å². The third kappa shape index (κ3) is 3.27. The van der Waals surface area contributed by atoms with Crippen LogP contribution in [0.5, 0.6) is 0 Å². The van der Waals surface area contributed by atoms with Crippen LogP contribution in [0, 0.1) is 13.8 Å². The highest BCUT2D eigenvalue weighted by Crippen LogP contribution is 2.34. The second-order valence-electron chi connectivity index (χ2n) is 5.54. The molecule has 0 aliphatic rings. The molecule has 2 aromatic rings. The minimum Gasteiger partial charge on any atom is -0.373 e. The van der Waals surface area contributed by atoms with Crippen LogP contribution in [0.2, 0.25) is 0 Å². The molecule has 0 saturated carbocycles. The molecule has 0 unspecified atom stereocenters. The zero-order valence-corrected chi connectivity index (χ0v) is 14.2. The van der Waals surface area contributed by atoms with Gasteiger partial charge in [0.2, 0.25) is 0 Å². The first-order valence-electron chi connectivity index (χ1n) is 6.36. The van der Waals surface area contributed by atoms with Crippen LogP contribution < -0.4 is 5.32 Å². The lowest BCUT2D eigenvalue weighted by molar-refractivity contribution is 0.538. The highest BCUT2D eigenvalue weighted by molar-refractivity contribution is 8.00. The van der Waals surface area contributed by atoms with Crippen molar-refractivity contribution in [1.29, 1.82) is 0 Å². The summed E-state index contributed by atoms with van der Waals surface area (Å²) >= 11 is 2.95. The number of hydrogen-bond acceptors (Lipinski definition) is 7. The molecule has 5 nitrogen and oxygen atoms in total. The molecule has 108 valence electrons. The lowest BCUT2D eigenvalue weighted by atomic mass is 9.95. The van der Waals surface area contributed by atoms with Crippen molar-refractivity contribution >= 4 is 29.1 Å². The Morgan fingerprint density at radius 3 is 2.30 bits per heavy atom. The summed E-state index contributed by atoms with van der Waals surface area (Å²) in [7, 11) is 1.88. The Morgan fingerprint density at radius 1 is 1.10 bits per heavy atom. The van der Waals surface area contributed by atoms with Crippen LogP contribution in [0.3, 0.4) is 0 Å². The van der Waals surface area contributed by atoms with E-state index in [4.69, 9.17) is 4.98 Å². The van der Waals surface area contributed by atoms with Crippen LogP contribution in [0.25, 0.3) is 0 Å². The third-order valence-corrected chi connectivity index (χ3v) is 4.64. The quantitative estimate of drug-likeness (QED) is 0.876. The Hall–Kier alpha value is -1.21. The normalized spacial score (nSPS) is 11.7. The van der Waals surface area contributed by atoms with E-state index in [9.17, 15) is 0 Å². The maximum Gasteiger partial charge on any atom is 0.176 e. The van der Waals surface area contributed by atoms with Gasteiger partial charge in [-0.3, -0.25) is 0 Å². The van der Waals surface area contributed by atoms with Crippen molar-refractivity contribution in [3.05, 3.63) is 17.2 Å². The van der Waals surface area contributed by atoms with Crippen molar-refractivity contribution < 1.29 is 0 Å². The first-order chi connectivity index (χ1) is 9.31. The van der Waals surface area contributed by atoms with Gasteiger partial charge in [0.1, 0.15) is 22.5 Å². The van der Waals surface area contributed by atoms with Crippen LogP contribution >= 0.6 is 23.3 Å². The second-order valence-corrected chi connectivity index (χ2v) is 7.52. The van der Waals surface area contributed by atoms with Crippen molar-refractivity contribution in [1.82, 2.24) is 19.3 Å². The highest BCUT2D eigenvalue weighted by atomic mass is 32.2. The predicted octanol–water partition coefficient (Wildman–Crippen LogP) is 3.44. The van der Waals surface area contributed by atoms with Crippen molar-refractivity contribution in [2.24, 2.45) is 0 Å². The monoisotopic (exact) mass is 309 g/mol. The number of anilines is 1. The third-order valence-electron chi connectivity index (χ3n) is 2.70. The number of hydrogen-bond donors (Lipinski definition) is 1. The molecule has 0 bridgehead atoms. The Kier molecular flexibility index (Phi) is 4.29. The van der Waals surface area contributed by atoms with Gasteiger partial charge in [0.05, 0.1) is 0 Å². The molecule has 0 amide bonds. The molecule has 0 spiro atoms. The second kappa shape index (κ2) is 5.65. The van der Waals surface area contributed by atoms with E-state index in [1.54, 1.807) is 11.8 Å². The van der Waals surface area contributed by atoms with Crippen LogP contribution in [-0.2, 0) is 5.41 Å². The van der Waals surface area contributed by atoms with Gasteiger partial charge in [0.15, 0.2) is 4.34 Å². The van der Waals surface area contributed by atoms with Crippen molar-refractivity contribution in [3.8, 4) is 0 Å². The summed E-state index contributed by atoms with van der Waals surface area (Å²) in [6, 6.07) is 0. The maximum atomic E-state index is 4.71. The molecule has 2 rings (SSSR count). The largest absolute Gasteiger partial charge is 0.373 e. The maximum absolute atomic E-state index is 4.71. The molecule has 7 heteroatoms. The predicted molar refractivity (Wildman–Crippen MR) is 83.8 cm³/mol. The van der Waals surface area contributed by atoms with Gasteiger partial charge in [0.25, 0.3) is 0 Å². The van der Waals surface area contributed by atoms with Crippen LogP contribution in [0.15, 0.2) is 9.37 Å². The fraction of sp³-hybridized carbons (Fsp3) is 0.538. The van der Waals surface area contributed by atoms with Gasteiger partial charge < -0.3 is 5.32 Å². The van der Waals surface area contributed by atoms with Crippen LogP contribution in [0.4, 0.5) is 5.82 Å². The van der Waals surface area contributed by atoms with E-state index in [1.807, 2.05) is 20.9 Å². The Bertz CT molecular complexity index is 616. The van der Waals surface area contributed by atoms with E-state index >= 15 is 0 Å². The van der Waals surface area contributed by atoms with Gasteiger partial charge in [-0.15, -0.1) is 0 Å². The van der Waals surface area contributed by atoms with E-state index in [1.165, 1.54) is 11.5 Å². The fourth-order valence-electron chi connectivity index (χ4n) is 1.58. The number of aromatic nitrogens is 4. The first kappa shape index (κ1) is 15.2. The minimum atomic E-state index is -0.0916. The molecular weight excluding hydrogens is 290 g/mol. The molecule has 0 aliphatic carbocycles. The van der Waals surface area contributed by atoms with Crippen molar-refractivity contribution in [2.75, 3.05) is 12.4 Å². The Morgan fingerprint density at radius 2 is 1.80 bits per heavy atom. The zero-order chi connectivity index (χ0) is 14.9. The smallest absolute Gasteiger partial charge is 0.176 e. The van der Waals surface area contributed by atoms with Crippen LogP contribution in [-0.4, -0.2) is 26.4 Å². The van der Waals surface area contributed by atoms with Gasteiger partial charge in [-0.25, -0.2) is 15.0 Å². The summed E-state index contributed by atoms with van der Waals surface area (Å²) in [5.41, 5.74) is 0.949. The summed E-state index contributed by atoms with van der Waals surface area (Å²) in [6.45, 7) is 10.3. The Labute approximate surface area is 127 Å². The van der Waals surface area contributed by atoms with E-state index < -0.39 is 0 Å². The number of aryl methyl sites for hydroxylation is 1. The molecular formula is C13H19N5S2. The lowest BCUT2D eigenvalue weighted by Crippen LogP contribution is -2.18. The molecule has 1 N–H and O–H groups in total. The molecule has 0 aliphatic heterocycles. The molecule has 2 aromatic heterocycles. The number of nitrogens with zero attached hydrogens (tertiary/aromatic N) is 4. The molecule has 0 fully saturated rings. The standard InChI is InChI=1S/C13H19N5S2/c1-7-9(14-6)16-11(13(3,4)5)17-10(7)19-12-15-8(2)18-20-12/h1-6H3,(H,14,16,17). The minimum absolute atomic E-state index is 0.0916. The lowest BCUT2D eigenvalue weighted by Gasteiger charge is -2.19. The van der Waals surface area contributed by atoms with Gasteiger partial charge in [-0.05, 0) is 37.1 Å². The van der Waals surface area contributed by atoms with Crippen molar-refractivity contribution in [3.63, 3.8) is 0 Å². The van der Waals surface area contributed by atoms with Gasteiger partial charge >= 0.3 is 0 Å². The van der Waals surface area contributed by atoms with Crippen molar-refractivity contribution in [2.45, 2.75) is 49.4 Å². The SMILES string of the molecule is CNc1nc(C(C)(C)C)nc(Sc2nc(C)ns2)c1C.